The molecule has 0 spiro atoms. The summed E-state index contributed by atoms with van der Waals surface area (Å²) in [5, 5.41) is 18.5. The Morgan fingerprint density at radius 2 is 1.63 bits per heavy atom. The van der Waals surface area contributed by atoms with Crippen molar-refractivity contribution in [2.45, 2.75) is 32.7 Å². The molecule has 0 bridgehead atoms. The van der Waals surface area contributed by atoms with Crippen LogP contribution in [-0.2, 0) is 16.6 Å². The summed E-state index contributed by atoms with van der Waals surface area (Å²) >= 11 is 0. The predicted molar refractivity (Wildman–Crippen MR) is 130 cm³/mol. The fraction of sp³-hybridized carbons (Fsp3) is 0.308. The van der Waals surface area contributed by atoms with Crippen molar-refractivity contribution in [3.8, 4) is 11.1 Å². The molecule has 0 aliphatic heterocycles. The van der Waals surface area contributed by atoms with Crippen LogP contribution in [0.15, 0.2) is 54.6 Å². The fourth-order valence-electron chi connectivity index (χ4n) is 4.36. The second-order valence-electron chi connectivity index (χ2n) is 9.60. The minimum atomic E-state index is -1.16. The number of carbonyl (C=O) groups is 3. The number of carboxylic acid groups (broad SMARTS) is 1. The maximum absolute atomic E-state index is 13.0. The van der Waals surface area contributed by atoms with Crippen molar-refractivity contribution >= 4 is 23.8 Å². The molecular weight excluding hydrogens is 448 g/mol. The highest BCUT2D eigenvalue weighted by atomic mass is 16.5. The summed E-state index contributed by atoms with van der Waals surface area (Å²) in [5.41, 5.74) is 3.71. The number of nitrogens with zero attached hydrogens (tertiary/aromatic N) is 2. The maximum atomic E-state index is 13.0. The third kappa shape index (κ3) is 4.89. The predicted octanol–water partition coefficient (Wildman–Crippen LogP) is 4.01. The third-order valence-corrected chi connectivity index (χ3v) is 6.08. The summed E-state index contributed by atoms with van der Waals surface area (Å²) in [4.78, 5) is 37.0. The monoisotopic (exact) mass is 476 g/mol. The number of rotatable bonds is 6. The molecule has 3 aromatic rings. The summed E-state index contributed by atoms with van der Waals surface area (Å²) in [6.07, 6.45) is -0.714. The molecule has 1 heterocycles. The molecule has 1 atom stereocenters. The topological polar surface area (TPSA) is 123 Å². The van der Waals surface area contributed by atoms with Crippen molar-refractivity contribution in [2.75, 3.05) is 11.9 Å². The number of hydrogen-bond donors (Lipinski definition) is 3. The minimum absolute atomic E-state index is 0.0721. The molecule has 2 aromatic carbocycles. The van der Waals surface area contributed by atoms with Crippen LogP contribution in [0.1, 0.15) is 48.3 Å². The van der Waals surface area contributed by atoms with Gasteiger partial charge in [0.25, 0.3) is 0 Å². The van der Waals surface area contributed by atoms with Crippen LogP contribution in [0.25, 0.3) is 11.1 Å². The summed E-state index contributed by atoms with van der Waals surface area (Å²) in [6, 6.07) is 16.4. The van der Waals surface area contributed by atoms with Crippen molar-refractivity contribution in [1.82, 2.24) is 15.1 Å². The SMILES string of the molecule is Cn1nc(NC(=O)C(NC(=O)OCC2c3ccccc3-c3ccccc32)C(C)(C)C)cc1C(=O)O. The molecule has 35 heavy (non-hydrogen) atoms. The van der Waals surface area contributed by atoms with Gasteiger partial charge in [0.2, 0.25) is 5.91 Å². The van der Waals surface area contributed by atoms with Crippen molar-refractivity contribution in [1.29, 1.82) is 0 Å². The van der Waals surface area contributed by atoms with E-state index >= 15 is 0 Å². The van der Waals surface area contributed by atoms with Crippen LogP contribution in [0.2, 0.25) is 0 Å². The zero-order valence-electron chi connectivity index (χ0n) is 20.0. The molecule has 1 aromatic heterocycles. The van der Waals surface area contributed by atoms with Gasteiger partial charge in [-0.15, -0.1) is 0 Å². The second-order valence-corrected chi connectivity index (χ2v) is 9.60. The van der Waals surface area contributed by atoms with Crippen molar-refractivity contribution in [2.24, 2.45) is 12.5 Å². The first-order chi connectivity index (χ1) is 16.6. The molecule has 3 N–H and O–H groups in total. The molecule has 0 saturated heterocycles. The molecule has 182 valence electrons. The Kier molecular flexibility index (Phi) is 6.34. The molecule has 1 unspecified atom stereocenters. The quantitative estimate of drug-likeness (QED) is 0.494. The van der Waals surface area contributed by atoms with Crippen molar-refractivity contribution < 1.29 is 24.2 Å². The first-order valence-corrected chi connectivity index (χ1v) is 11.3. The first-order valence-electron chi connectivity index (χ1n) is 11.3. The van der Waals surface area contributed by atoms with Gasteiger partial charge in [0.15, 0.2) is 5.82 Å². The van der Waals surface area contributed by atoms with Gasteiger partial charge >= 0.3 is 12.1 Å². The van der Waals surface area contributed by atoms with E-state index in [1.807, 2.05) is 57.2 Å². The van der Waals surface area contributed by atoms with E-state index < -0.39 is 29.4 Å². The molecule has 0 saturated carbocycles. The number of nitrogens with one attached hydrogen (secondary N) is 2. The van der Waals surface area contributed by atoms with Crippen LogP contribution in [0.3, 0.4) is 0 Å². The lowest BCUT2D eigenvalue weighted by molar-refractivity contribution is -0.120. The lowest BCUT2D eigenvalue weighted by Crippen LogP contribution is -2.51. The van der Waals surface area contributed by atoms with Gasteiger partial charge in [-0.2, -0.15) is 5.10 Å². The Bertz CT molecular complexity index is 1250. The Morgan fingerprint density at radius 3 is 2.14 bits per heavy atom. The Morgan fingerprint density at radius 1 is 1.06 bits per heavy atom. The summed E-state index contributed by atoms with van der Waals surface area (Å²) in [6.45, 7) is 5.55. The Labute approximate surface area is 203 Å². The zero-order valence-corrected chi connectivity index (χ0v) is 20.0. The van der Waals surface area contributed by atoms with E-state index in [9.17, 15) is 19.5 Å². The fourth-order valence-corrected chi connectivity index (χ4v) is 4.36. The summed E-state index contributed by atoms with van der Waals surface area (Å²) in [5.74, 6) is -1.71. The number of amides is 2. The minimum Gasteiger partial charge on any atom is -0.477 e. The number of fused-ring (bicyclic) bond motifs is 3. The first kappa shape index (κ1) is 24.0. The Balaban J connectivity index is 1.45. The number of aromatic carboxylic acids is 1. The average molecular weight is 477 g/mol. The highest BCUT2D eigenvalue weighted by Gasteiger charge is 2.35. The van der Waals surface area contributed by atoms with Crippen LogP contribution in [0, 0.1) is 5.41 Å². The van der Waals surface area contributed by atoms with E-state index in [1.165, 1.54) is 13.1 Å². The van der Waals surface area contributed by atoms with Crippen LogP contribution in [0.5, 0.6) is 0 Å². The lowest BCUT2D eigenvalue weighted by atomic mass is 9.86. The number of aryl methyl sites for hydroxylation is 1. The van der Waals surface area contributed by atoms with Gasteiger partial charge in [0, 0.05) is 19.0 Å². The molecule has 4 rings (SSSR count). The van der Waals surface area contributed by atoms with E-state index in [2.05, 4.69) is 27.9 Å². The molecule has 9 nitrogen and oxygen atoms in total. The van der Waals surface area contributed by atoms with E-state index in [-0.39, 0.29) is 24.0 Å². The van der Waals surface area contributed by atoms with E-state index in [0.29, 0.717) is 0 Å². The highest BCUT2D eigenvalue weighted by molar-refractivity contribution is 5.97. The van der Waals surface area contributed by atoms with Gasteiger partial charge in [-0.25, -0.2) is 9.59 Å². The molecule has 0 radical (unpaired) electrons. The number of aromatic nitrogens is 2. The van der Waals surface area contributed by atoms with Gasteiger partial charge < -0.3 is 20.5 Å². The van der Waals surface area contributed by atoms with Gasteiger partial charge in [0.1, 0.15) is 18.3 Å². The average Bonchev–Trinajstić information content (AvgIpc) is 3.32. The van der Waals surface area contributed by atoms with Gasteiger partial charge in [0.05, 0.1) is 0 Å². The maximum Gasteiger partial charge on any atom is 0.407 e. The molecular formula is C26H28N4O5. The number of carboxylic acids is 1. The third-order valence-electron chi connectivity index (χ3n) is 6.08. The number of hydrogen-bond acceptors (Lipinski definition) is 5. The number of ether oxygens (including phenoxy) is 1. The van der Waals surface area contributed by atoms with Gasteiger partial charge in [-0.1, -0.05) is 69.3 Å². The molecule has 1 aliphatic carbocycles. The van der Waals surface area contributed by atoms with Gasteiger partial charge in [-0.05, 0) is 27.7 Å². The zero-order chi connectivity index (χ0) is 25.3. The summed E-state index contributed by atoms with van der Waals surface area (Å²) < 4.78 is 6.75. The van der Waals surface area contributed by atoms with E-state index in [4.69, 9.17) is 4.74 Å². The highest BCUT2D eigenvalue weighted by Crippen LogP contribution is 2.44. The van der Waals surface area contributed by atoms with Crippen LogP contribution in [0.4, 0.5) is 10.6 Å². The van der Waals surface area contributed by atoms with Crippen molar-refractivity contribution in [3.63, 3.8) is 0 Å². The molecule has 9 heteroatoms. The van der Waals surface area contributed by atoms with E-state index in [0.717, 1.165) is 26.9 Å². The smallest absolute Gasteiger partial charge is 0.407 e. The normalized spacial score (nSPS) is 13.5. The number of benzene rings is 2. The lowest BCUT2D eigenvalue weighted by Gasteiger charge is -2.29. The largest absolute Gasteiger partial charge is 0.477 e. The van der Waals surface area contributed by atoms with Crippen LogP contribution >= 0.6 is 0 Å². The molecule has 1 aliphatic rings. The number of alkyl carbamates (subject to hydrolysis) is 1. The van der Waals surface area contributed by atoms with E-state index in [1.54, 1.807) is 0 Å². The number of carbonyl (C=O) groups excluding carboxylic acids is 2. The molecule has 2 amide bonds. The van der Waals surface area contributed by atoms with Crippen LogP contribution in [-0.4, -0.2) is 45.5 Å². The second kappa shape index (κ2) is 9.25. The number of anilines is 1. The van der Waals surface area contributed by atoms with Gasteiger partial charge in [-0.3, -0.25) is 9.48 Å². The standard InChI is InChI=1S/C26H28N4O5/c1-26(2,3)22(23(31)27-21-13-20(24(32)33)30(4)29-21)28-25(34)35-14-19-17-11-7-5-9-15(17)16-10-6-8-12-18(16)19/h5-13,19,22H,14H2,1-4H3,(H,28,34)(H,32,33)(H,27,29,31). The molecule has 0 fully saturated rings. The van der Waals surface area contributed by atoms with Crippen molar-refractivity contribution in [3.05, 3.63) is 71.4 Å². The summed E-state index contributed by atoms with van der Waals surface area (Å²) in [7, 11) is 1.47. The Hall–Kier alpha value is -4.14. The van der Waals surface area contributed by atoms with Crippen LogP contribution < -0.4 is 10.6 Å².